The van der Waals surface area contributed by atoms with Crippen molar-refractivity contribution in [3.8, 4) is 0 Å². The Morgan fingerprint density at radius 1 is 1.41 bits per heavy atom. The number of hydrogen-bond acceptors (Lipinski definition) is 2. The Bertz CT molecular complexity index is 345. The van der Waals surface area contributed by atoms with E-state index in [1.807, 2.05) is 6.20 Å². The first kappa shape index (κ1) is 12.6. The summed E-state index contributed by atoms with van der Waals surface area (Å²) >= 11 is 0. The van der Waals surface area contributed by atoms with Crippen molar-refractivity contribution in [2.24, 2.45) is 11.8 Å². The molecule has 1 N–H and O–H groups in total. The highest BCUT2D eigenvalue weighted by atomic mass is 15.1. The summed E-state index contributed by atoms with van der Waals surface area (Å²) in [6.07, 6.45) is 8.06. The average molecular weight is 235 g/mol. The van der Waals surface area contributed by atoms with Crippen LogP contribution in [0, 0.1) is 18.8 Å². The first-order valence-electron chi connectivity index (χ1n) is 6.89. The normalized spacial score (nSPS) is 29.5. The minimum Gasteiger partial charge on any atom is -0.334 e. The quantitative estimate of drug-likeness (QED) is 0.869. The van der Waals surface area contributed by atoms with E-state index in [-0.39, 0.29) is 0 Å². The standard InChI is InChI=1S/C14H25N3/c1-11-5-4-6-14(12(11)2)16-8-10-17-9-7-15-13(17)3/h7,9,11-12,14,16H,4-6,8,10H2,1-3H3. The maximum absolute atomic E-state index is 4.24. The van der Waals surface area contributed by atoms with Gasteiger partial charge in [0.2, 0.25) is 0 Å². The maximum Gasteiger partial charge on any atom is 0.105 e. The lowest BCUT2D eigenvalue weighted by Crippen LogP contribution is -2.41. The summed E-state index contributed by atoms with van der Waals surface area (Å²) in [6.45, 7) is 8.93. The van der Waals surface area contributed by atoms with Crippen molar-refractivity contribution in [1.29, 1.82) is 0 Å². The number of imidazole rings is 1. The van der Waals surface area contributed by atoms with Crippen LogP contribution in [0.25, 0.3) is 0 Å². The molecule has 3 atom stereocenters. The molecule has 3 unspecified atom stereocenters. The molecule has 0 amide bonds. The molecule has 0 bridgehead atoms. The van der Waals surface area contributed by atoms with Crippen molar-refractivity contribution in [2.45, 2.75) is 52.6 Å². The fourth-order valence-electron chi connectivity index (χ4n) is 2.88. The molecule has 2 rings (SSSR count). The van der Waals surface area contributed by atoms with Crippen LogP contribution in [0.5, 0.6) is 0 Å². The molecule has 0 aromatic carbocycles. The number of nitrogens with zero attached hydrogens (tertiary/aromatic N) is 2. The molecule has 1 saturated carbocycles. The minimum absolute atomic E-state index is 0.711. The van der Waals surface area contributed by atoms with Crippen molar-refractivity contribution in [3.63, 3.8) is 0 Å². The van der Waals surface area contributed by atoms with E-state index in [2.05, 4.69) is 41.8 Å². The lowest BCUT2D eigenvalue weighted by atomic mass is 9.78. The second-order valence-electron chi connectivity index (χ2n) is 5.50. The molecule has 1 fully saturated rings. The van der Waals surface area contributed by atoms with Gasteiger partial charge in [-0.1, -0.05) is 26.7 Å². The third-order valence-electron chi connectivity index (χ3n) is 4.39. The minimum atomic E-state index is 0.711. The molecule has 1 aromatic heterocycles. The van der Waals surface area contributed by atoms with Crippen molar-refractivity contribution in [2.75, 3.05) is 6.54 Å². The topological polar surface area (TPSA) is 29.9 Å². The largest absolute Gasteiger partial charge is 0.334 e. The molecule has 1 aliphatic carbocycles. The molecule has 0 spiro atoms. The Labute approximate surface area is 105 Å². The average Bonchev–Trinajstić information content (AvgIpc) is 2.71. The lowest BCUT2D eigenvalue weighted by Gasteiger charge is -2.34. The van der Waals surface area contributed by atoms with E-state index in [4.69, 9.17) is 0 Å². The summed E-state index contributed by atoms with van der Waals surface area (Å²) in [6, 6.07) is 0.711. The summed E-state index contributed by atoms with van der Waals surface area (Å²) in [5.74, 6) is 2.79. The van der Waals surface area contributed by atoms with Gasteiger partial charge >= 0.3 is 0 Å². The molecule has 0 radical (unpaired) electrons. The van der Waals surface area contributed by atoms with Crippen LogP contribution in [0.3, 0.4) is 0 Å². The second-order valence-corrected chi connectivity index (χ2v) is 5.50. The van der Waals surface area contributed by atoms with Gasteiger partial charge in [0, 0.05) is 31.5 Å². The Morgan fingerprint density at radius 3 is 2.94 bits per heavy atom. The van der Waals surface area contributed by atoms with Gasteiger partial charge in [0.1, 0.15) is 5.82 Å². The van der Waals surface area contributed by atoms with E-state index < -0.39 is 0 Å². The van der Waals surface area contributed by atoms with Gasteiger partial charge in [-0.2, -0.15) is 0 Å². The molecule has 1 aliphatic rings. The molecule has 0 aliphatic heterocycles. The molecular weight excluding hydrogens is 210 g/mol. The predicted molar refractivity (Wildman–Crippen MR) is 70.9 cm³/mol. The predicted octanol–water partition coefficient (Wildman–Crippen LogP) is 2.61. The van der Waals surface area contributed by atoms with Crippen molar-refractivity contribution >= 4 is 0 Å². The molecule has 0 saturated heterocycles. The zero-order chi connectivity index (χ0) is 12.3. The van der Waals surface area contributed by atoms with Crippen molar-refractivity contribution < 1.29 is 0 Å². The molecular formula is C14H25N3. The number of nitrogens with one attached hydrogen (secondary N) is 1. The van der Waals surface area contributed by atoms with Crippen molar-refractivity contribution in [1.82, 2.24) is 14.9 Å². The van der Waals surface area contributed by atoms with Crippen LogP contribution in [0.2, 0.25) is 0 Å². The third-order valence-corrected chi connectivity index (χ3v) is 4.39. The van der Waals surface area contributed by atoms with Gasteiger partial charge in [-0.05, 0) is 25.2 Å². The molecule has 17 heavy (non-hydrogen) atoms. The molecule has 3 nitrogen and oxygen atoms in total. The number of aromatic nitrogens is 2. The van der Waals surface area contributed by atoms with Crippen LogP contribution >= 0.6 is 0 Å². The van der Waals surface area contributed by atoms with Gasteiger partial charge < -0.3 is 9.88 Å². The van der Waals surface area contributed by atoms with E-state index in [1.165, 1.54) is 19.3 Å². The summed E-state index contributed by atoms with van der Waals surface area (Å²) < 4.78 is 2.21. The Balaban J connectivity index is 1.76. The van der Waals surface area contributed by atoms with Gasteiger partial charge in [-0.15, -0.1) is 0 Å². The molecule has 1 heterocycles. The van der Waals surface area contributed by atoms with Crippen LogP contribution in [0.4, 0.5) is 0 Å². The number of rotatable bonds is 4. The molecule has 3 heteroatoms. The zero-order valence-corrected chi connectivity index (χ0v) is 11.3. The number of aryl methyl sites for hydroxylation is 1. The van der Waals surface area contributed by atoms with E-state index in [9.17, 15) is 0 Å². The van der Waals surface area contributed by atoms with Gasteiger partial charge in [-0.25, -0.2) is 4.98 Å². The van der Waals surface area contributed by atoms with E-state index >= 15 is 0 Å². The van der Waals surface area contributed by atoms with Gasteiger partial charge in [0.05, 0.1) is 0 Å². The Kier molecular flexibility index (Phi) is 4.21. The highest BCUT2D eigenvalue weighted by molar-refractivity contribution is 4.89. The van der Waals surface area contributed by atoms with E-state index in [1.54, 1.807) is 0 Å². The van der Waals surface area contributed by atoms with E-state index in [0.717, 1.165) is 30.7 Å². The summed E-state index contributed by atoms with van der Waals surface area (Å²) in [5.41, 5.74) is 0. The summed E-state index contributed by atoms with van der Waals surface area (Å²) in [4.78, 5) is 4.24. The first-order chi connectivity index (χ1) is 8.18. The van der Waals surface area contributed by atoms with Gasteiger partial charge in [-0.3, -0.25) is 0 Å². The lowest BCUT2D eigenvalue weighted by molar-refractivity contribution is 0.206. The highest BCUT2D eigenvalue weighted by Gasteiger charge is 2.26. The summed E-state index contributed by atoms with van der Waals surface area (Å²) in [7, 11) is 0. The zero-order valence-electron chi connectivity index (χ0n) is 11.3. The fourth-order valence-corrected chi connectivity index (χ4v) is 2.88. The van der Waals surface area contributed by atoms with Crippen LogP contribution in [-0.2, 0) is 6.54 Å². The number of hydrogen-bond donors (Lipinski definition) is 1. The Morgan fingerprint density at radius 2 is 2.24 bits per heavy atom. The summed E-state index contributed by atoms with van der Waals surface area (Å²) in [5, 5.41) is 3.72. The highest BCUT2D eigenvalue weighted by Crippen LogP contribution is 2.29. The smallest absolute Gasteiger partial charge is 0.105 e. The van der Waals surface area contributed by atoms with Crippen LogP contribution in [-0.4, -0.2) is 22.1 Å². The Hall–Kier alpha value is -0.830. The third kappa shape index (κ3) is 3.09. The van der Waals surface area contributed by atoms with Crippen LogP contribution in [0.1, 0.15) is 38.9 Å². The maximum atomic E-state index is 4.24. The fraction of sp³-hybridized carbons (Fsp3) is 0.786. The van der Waals surface area contributed by atoms with Crippen LogP contribution < -0.4 is 5.32 Å². The monoisotopic (exact) mass is 235 g/mol. The van der Waals surface area contributed by atoms with Crippen molar-refractivity contribution in [3.05, 3.63) is 18.2 Å². The van der Waals surface area contributed by atoms with E-state index in [0.29, 0.717) is 6.04 Å². The molecule has 96 valence electrons. The van der Waals surface area contributed by atoms with Gasteiger partial charge in [0.25, 0.3) is 0 Å². The van der Waals surface area contributed by atoms with Gasteiger partial charge in [0.15, 0.2) is 0 Å². The SMILES string of the molecule is Cc1nccn1CCNC1CCCC(C)C1C. The first-order valence-corrected chi connectivity index (χ1v) is 6.89. The molecule has 1 aromatic rings. The second kappa shape index (κ2) is 5.67. The van der Waals surface area contributed by atoms with Crippen LogP contribution in [0.15, 0.2) is 12.4 Å².